The first kappa shape index (κ1) is 7.02. The number of rotatable bonds is 0. The van der Waals surface area contributed by atoms with Crippen molar-refractivity contribution in [1.29, 1.82) is 0 Å². The van der Waals surface area contributed by atoms with Crippen molar-refractivity contribution in [2.24, 2.45) is 0 Å². The summed E-state index contributed by atoms with van der Waals surface area (Å²) in [5.41, 5.74) is 2.15. The van der Waals surface area contributed by atoms with Gasteiger partial charge >= 0.3 is 0 Å². The summed E-state index contributed by atoms with van der Waals surface area (Å²) in [4.78, 5) is 0. The highest BCUT2D eigenvalue weighted by molar-refractivity contribution is 14.1. The van der Waals surface area contributed by atoms with Crippen molar-refractivity contribution >= 4 is 28.2 Å². The minimum Gasteiger partial charge on any atom is -0.289 e. The smallest absolute Gasteiger partial charge is 0.161 e. The van der Waals surface area contributed by atoms with E-state index in [4.69, 9.17) is 0 Å². The summed E-state index contributed by atoms with van der Waals surface area (Å²) in [6.07, 6.45) is 3.73. The Morgan fingerprint density at radius 2 is 2.36 bits per heavy atom. The van der Waals surface area contributed by atoms with Crippen LogP contribution in [0, 0.1) is 10.5 Å². The Morgan fingerprint density at radius 3 is 3.18 bits per heavy atom. The summed E-state index contributed by atoms with van der Waals surface area (Å²) in [6, 6.07) is 2.02. The molecule has 2 aromatic heterocycles. The molecule has 0 bridgehead atoms. The van der Waals surface area contributed by atoms with Gasteiger partial charge in [-0.15, -0.1) is 10.2 Å². The molecule has 2 rings (SSSR count). The Bertz CT molecular complexity index is 357. The van der Waals surface area contributed by atoms with Crippen LogP contribution < -0.4 is 0 Å². The Kier molecular flexibility index (Phi) is 1.56. The van der Waals surface area contributed by atoms with Gasteiger partial charge in [0.05, 0.1) is 0 Å². The average Bonchev–Trinajstić information content (AvgIpc) is 2.36. The molecule has 2 aromatic rings. The maximum Gasteiger partial charge on any atom is 0.161 e. The lowest BCUT2D eigenvalue weighted by Gasteiger charge is -1.97. The van der Waals surface area contributed by atoms with E-state index in [0.29, 0.717) is 0 Å². The van der Waals surface area contributed by atoms with Crippen molar-refractivity contribution in [1.82, 2.24) is 14.6 Å². The van der Waals surface area contributed by atoms with Crippen LogP contribution >= 0.6 is 22.6 Å². The van der Waals surface area contributed by atoms with E-state index in [1.165, 1.54) is 9.13 Å². The minimum atomic E-state index is 0.903. The number of fused-ring (bicyclic) bond motifs is 1. The minimum absolute atomic E-state index is 0.903. The van der Waals surface area contributed by atoms with Gasteiger partial charge in [0, 0.05) is 9.77 Å². The molecule has 0 aromatic carbocycles. The zero-order valence-corrected chi connectivity index (χ0v) is 8.11. The van der Waals surface area contributed by atoms with Crippen LogP contribution in [0.3, 0.4) is 0 Å². The number of nitrogens with zero attached hydrogens (tertiary/aromatic N) is 3. The quantitative estimate of drug-likeness (QED) is 0.673. The lowest BCUT2D eigenvalue weighted by Crippen LogP contribution is -1.87. The maximum absolute atomic E-state index is 3.93. The van der Waals surface area contributed by atoms with E-state index in [-0.39, 0.29) is 0 Å². The molecule has 0 amide bonds. The normalized spacial score (nSPS) is 10.7. The van der Waals surface area contributed by atoms with Crippen LogP contribution in [-0.2, 0) is 0 Å². The van der Waals surface area contributed by atoms with Crippen molar-refractivity contribution in [3.05, 3.63) is 27.7 Å². The van der Waals surface area contributed by atoms with Crippen molar-refractivity contribution in [2.45, 2.75) is 6.92 Å². The van der Waals surface area contributed by atoms with Gasteiger partial charge < -0.3 is 0 Å². The molecular formula is C7H6IN3. The Labute approximate surface area is 77.6 Å². The summed E-state index contributed by atoms with van der Waals surface area (Å²) in [7, 11) is 0. The van der Waals surface area contributed by atoms with Crippen LogP contribution in [0.1, 0.15) is 5.56 Å². The second kappa shape index (κ2) is 2.44. The standard InChI is InChI=1S/C7H6IN3/c1-5-3-11-4-9-10-7(11)2-6(5)8/h2-4H,1H3. The fourth-order valence-electron chi connectivity index (χ4n) is 0.952. The molecule has 0 aliphatic carbocycles. The average molecular weight is 259 g/mol. The second-order valence-electron chi connectivity index (χ2n) is 2.40. The first-order valence-electron chi connectivity index (χ1n) is 3.23. The topological polar surface area (TPSA) is 30.2 Å². The SMILES string of the molecule is Cc1cn2cnnc2cc1I. The van der Waals surface area contributed by atoms with Gasteiger partial charge in [0.1, 0.15) is 6.33 Å². The van der Waals surface area contributed by atoms with Gasteiger partial charge in [-0.2, -0.15) is 0 Å². The molecule has 0 unspecified atom stereocenters. The fourth-order valence-corrected chi connectivity index (χ4v) is 1.37. The molecule has 0 aliphatic rings. The molecule has 0 saturated heterocycles. The van der Waals surface area contributed by atoms with Crippen molar-refractivity contribution in [3.63, 3.8) is 0 Å². The molecule has 11 heavy (non-hydrogen) atoms. The first-order chi connectivity index (χ1) is 5.27. The summed E-state index contributed by atoms with van der Waals surface area (Å²) < 4.78 is 3.14. The van der Waals surface area contributed by atoms with E-state index in [2.05, 4.69) is 39.7 Å². The van der Waals surface area contributed by atoms with Gasteiger partial charge in [0.25, 0.3) is 0 Å². The lowest BCUT2D eigenvalue weighted by atomic mass is 10.3. The molecule has 56 valence electrons. The number of halogens is 1. The van der Waals surface area contributed by atoms with E-state index < -0.39 is 0 Å². The number of aromatic nitrogens is 3. The molecule has 0 saturated carbocycles. The molecule has 4 heteroatoms. The van der Waals surface area contributed by atoms with Crippen LogP contribution in [-0.4, -0.2) is 14.6 Å². The van der Waals surface area contributed by atoms with Gasteiger partial charge in [-0.1, -0.05) is 0 Å². The van der Waals surface area contributed by atoms with Crippen LogP contribution in [0.2, 0.25) is 0 Å². The monoisotopic (exact) mass is 259 g/mol. The van der Waals surface area contributed by atoms with Gasteiger partial charge in [-0.3, -0.25) is 4.40 Å². The van der Waals surface area contributed by atoms with Crippen molar-refractivity contribution in [3.8, 4) is 0 Å². The molecule has 0 atom stereocenters. The molecule has 3 nitrogen and oxygen atoms in total. The van der Waals surface area contributed by atoms with Crippen LogP contribution in [0.5, 0.6) is 0 Å². The largest absolute Gasteiger partial charge is 0.289 e. The summed E-state index contributed by atoms with van der Waals surface area (Å²) >= 11 is 2.29. The third-order valence-corrected chi connectivity index (χ3v) is 2.73. The number of pyridine rings is 1. The third-order valence-electron chi connectivity index (χ3n) is 1.57. The zero-order valence-electron chi connectivity index (χ0n) is 5.95. The van der Waals surface area contributed by atoms with E-state index in [9.17, 15) is 0 Å². The summed E-state index contributed by atoms with van der Waals surface area (Å²) in [5.74, 6) is 0. The highest BCUT2D eigenvalue weighted by atomic mass is 127. The van der Waals surface area contributed by atoms with E-state index in [0.717, 1.165) is 5.65 Å². The molecule has 0 spiro atoms. The maximum atomic E-state index is 3.93. The summed E-state index contributed by atoms with van der Waals surface area (Å²) in [5, 5.41) is 7.72. The second-order valence-corrected chi connectivity index (χ2v) is 3.56. The number of hydrogen-bond acceptors (Lipinski definition) is 2. The Hall–Kier alpha value is -0.650. The van der Waals surface area contributed by atoms with Crippen molar-refractivity contribution in [2.75, 3.05) is 0 Å². The molecule has 0 N–H and O–H groups in total. The highest BCUT2D eigenvalue weighted by Gasteiger charge is 1.98. The van der Waals surface area contributed by atoms with E-state index in [1.54, 1.807) is 6.33 Å². The Morgan fingerprint density at radius 1 is 1.55 bits per heavy atom. The van der Waals surface area contributed by atoms with Gasteiger partial charge in [-0.25, -0.2) is 0 Å². The fraction of sp³-hybridized carbons (Fsp3) is 0.143. The van der Waals surface area contributed by atoms with Gasteiger partial charge in [0.2, 0.25) is 0 Å². The molecule has 0 fully saturated rings. The lowest BCUT2D eigenvalue weighted by molar-refractivity contribution is 1.10. The van der Waals surface area contributed by atoms with Crippen LogP contribution in [0.15, 0.2) is 18.6 Å². The number of aryl methyl sites for hydroxylation is 1. The summed E-state index contributed by atoms with van der Waals surface area (Å²) in [6.45, 7) is 2.07. The third kappa shape index (κ3) is 1.11. The first-order valence-corrected chi connectivity index (χ1v) is 4.31. The molecule has 0 radical (unpaired) electrons. The van der Waals surface area contributed by atoms with Crippen LogP contribution in [0.25, 0.3) is 5.65 Å². The molecular weight excluding hydrogens is 253 g/mol. The number of hydrogen-bond donors (Lipinski definition) is 0. The highest BCUT2D eigenvalue weighted by Crippen LogP contribution is 2.12. The van der Waals surface area contributed by atoms with Gasteiger partial charge in [0.15, 0.2) is 5.65 Å². The molecule has 0 aliphatic heterocycles. The van der Waals surface area contributed by atoms with Crippen molar-refractivity contribution < 1.29 is 0 Å². The van der Waals surface area contributed by atoms with Crippen LogP contribution in [0.4, 0.5) is 0 Å². The van der Waals surface area contributed by atoms with Gasteiger partial charge in [-0.05, 0) is 41.1 Å². The molecule has 2 heterocycles. The Balaban J connectivity index is 2.86. The predicted molar refractivity (Wildman–Crippen MR) is 50.4 cm³/mol. The zero-order chi connectivity index (χ0) is 7.84. The predicted octanol–water partition coefficient (Wildman–Crippen LogP) is 1.64. The van der Waals surface area contributed by atoms with E-state index >= 15 is 0 Å². The van der Waals surface area contributed by atoms with E-state index in [1.807, 2.05) is 16.7 Å².